The first-order valence-electron chi connectivity index (χ1n) is 13.7. The number of amides is 1. The standard InChI is InChI=1S/C28H32F3N5O6/c1-27(2)39-17-20(41-27)16-35-12-11-24(34-35)33-26(38)21(13-18-7-3-4-8-18)36-25(37)14-19(15-32-36)40-22-9-5-6-10-23(22)42-28(29,30)31/h5-6,9-12,14-15,18,20-21H,3-4,7-8,13,16-17H2,1-2H3,(H,33,34,38). The van der Waals surface area contributed by atoms with E-state index in [1.54, 1.807) is 16.9 Å². The van der Waals surface area contributed by atoms with Crippen molar-refractivity contribution in [2.75, 3.05) is 11.9 Å². The molecule has 0 radical (unpaired) electrons. The van der Waals surface area contributed by atoms with Gasteiger partial charge in [-0.1, -0.05) is 37.8 Å². The second-order valence-corrected chi connectivity index (χ2v) is 10.8. The minimum atomic E-state index is -4.92. The van der Waals surface area contributed by atoms with Crippen molar-refractivity contribution < 1.29 is 36.9 Å². The molecule has 1 aliphatic heterocycles. The van der Waals surface area contributed by atoms with Crippen LogP contribution in [-0.4, -0.2) is 50.3 Å². The van der Waals surface area contributed by atoms with Crippen molar-refractivity contribution in [2.24, 2.45) is 5.92 Å². The Balaban J connectivity index is 1.31. The number of nitrogens with one attached hydrogen (secondary N) is 1. The largest absolute Gasteiger partial charge is 0.573 e. The maximum atomic E-state index is 13.5. The van der Waals surface area contributed by atoms with Crippen LogP contribution in [0.3, 0.4) is 0 Å². The molecule has 5 rings (SSSR count). The maximum Gasteiger partial charge on any atom is 0.573 e. The van der Waals surface area contributed by atoms with Crippen LogP contribution in [0, 0.1) is 5.92 Å². The molecule has 1 aliphatic carbocycles. The first kappa shape index (κ1) is 29.6. The van der Waals surface area contributed by atoms with Crippen molar-refractivity contribution in [3.05, 3.63) is 59.1 Å². The number of halogens is 3. The maximum absolute atomic E-state index is 13.5. The van der Waals surface area contributed by atoms with Gasteiger partial charge in [0.25, 0.3) is 11.5 Å². The molecule has 1 saturated heterocycles. The molecule has 2 fully saturated rings. The van der Waals surface area contributed by atoms with Crippen LogP contribution in [0.4, 0.5) is 19.0 Å². The molecule has 2 aromatic heterocycles. The first-order chi connectivity index (χ1) is 19.9. The van der Waals surface area contributed by atoms with Gasteiger partial charge in [0.2, 0.25) is 0 Å². The Labute approximate surface area is 239 Å². The number of ether oxygens (including phenoxy) is 4. The van der Waals surface area contributed by atoms with Crippen LogP contribution >= 0.6 is 0 Å². The van der Waals surface area contributed by atoms with E-state index in [-0.39, 0.29) is 23.5 Å². The minimum absolute atomic E-state index is 0.102. The molecule has 2 atom stereocenters. The van der Waals surface area contributed by atoms with Gasteiger partial charge in [-0.15, -0.1) is 13.2 Å². The predicted octanol–water partition coefficient (Wildman–Crippen LogP) is 5.04. The zero-order valence-corrected chi connectivity index (χ0v) is 23.2. The van der Waals surface area contributed by atoms with E-state index in [1.165, 1.54) is 24.4 Å². The van der Waals surface area contributed by atoms with E-state index in [1.807, 2.05) is 13.8 Å². The van der Waals surface area contributed by atoms with Crippen LogP contribution in [0.5, 0.6) is 17.2 Å². The highest BCUT2D eigenvalue weighted by molar-refractivity contribution is 5.92. The molecule has 0 spiro atoms. The number of aromatic nitrogens is 4. The highest BCUT2D eigenvalue weighted by Gasteiger charge is 2.34. The third kappa shape index (κ3) is 7.68. The Morgan fingerprint density at radius 2 is 1.93 bits per heavy atom. The van der Waals surface area contributed by atoms with Crippen LogP contribution in [0.15, 0.2) is 53.6 Å². The molecule has 0 bridgehead atoms. The van der Waals surface area contributed by atoms with E-state index in [2.05, 4.69) is 20.3 Å². The second kappa shape index (κ2) is 12.1. The van der Waals surface area contributed by atoms with Crippen molar-refractivity contribution in [1.29, 1.82) is 0 Å². The summed E-state index contributed by atoms with van der Waals surface area (Å²) in [5.41, 5.74) is -0.647. The SMILES string of the molecule is CC1(C)OCC(Cn2ccc(NC(=O)C(CC3CCCC3)n3ncc(Oc4ccccc4OC(F)(F)F)cc3=O)n2)O1. The minimum Gasteiger partial charge on any atom is -0.452 e. The third-order valence-corrected chi connectivity index (χ3v) is 7.08. The number of hydrogen-bond donors (Lipinski definition) is 1. The van der Waals surface area contributed by atoms with Crippen molar-refractivity contribution in [2.45, 2.75) is 76.8 Å². The van der Waals surface area contributed by atoms with E-state index in [0.717, 1.165) is 42.5 Å². The Bertz CT molecular complexity index is 1450. The summed E-state index contributed by atoms with van der Waals surface area (Å²) in [5, 5.41) is 11.4. The number of carbonyl (C=O) groups is 1. The normalized spacial score (nSPS) is 19.5. The Morgan fingerprint density at radius 1 is 1.19 bits per heavy atom. The summed E-state index contributed by atoms with van der Waals surface area (Å²) >= 11 is 0. The van der Waals surface area contributed by atoms with E-state index in [4.69, 9.17) is 14.2 Å². The van der Waals surface area contributed by atoms with Gasteiger partial charge in [-0.2, -0.15) is 10.2 Å². The summed E-state index contributed by atoms with van der Waals surface area (Å²) in [6, 6.07) is 6.98. The van der Waals surface area contributed by atoms with Gasteiger partial charge in [0.15, 0.2) is 28.9 Å². The fraction of sp³-hybridized carbons (Fsp3) is 0.500. The summed E-state index contributed by atoms with van der Waals surface area (Å²) in [4.78, 5) is 26.6. The van der Waals surface area contributed by atoms with Gasteiger partial charge in [0.05, 0.1) is 19.3 Å². The Hall–Kier alpha value is -3.91. The summed E-state index contributed by atoms with van der Waals surface area (Å²) in [6.07, 6.45) is 2.14. The zero-order valence-electron chi connectivity index (χ0n) is 23.2. The average Bonchev–Trinajstić information content (AvgIpc) is 3.66. The first-order valence-corrected chi connectivity index (χ1v) is 13.7. The number of rotatable bonds is 10. The second-order valence-electron chi connectivity index (χ2n) is 10.8. The molecular weight excluding hydrogens is 559 g/mol. The summed E-state index contributed by atoms with van der Waals surface area (Å²) in [5.74, 6) is -1.49. The molecular formula is C28H32F3N5O6. The van der Waals surface area contributed by atoms with Gasteiger partial charge in [0, 0.05) is 18.3 Å². The fourth-order valence-electron chi connectivity index (χ4n) is 5.24. The highest BCUT2D eigenvalue weighted by atomic mass is 19.4. The van der Waals surface area contributed by atoms with Gasteiger partial charge in [0.1, 0.15) is 12.1 Å². The monoisotopic (exact) mass is 591 g/mol. The molecule has 226 valence electrons. The molecule has 2 unspecified atom stereocenters. The summed E-state index contributed by atoms with van der Waals surface area (Å²) in [6.45, 7) is 4.53. The lowest BCUT2D eigenvalue weighted by Crippen LogP contribution is -2.36. The van der Waals surface area contributed by atoms with Gasteiger partial charge in [-0.05, 0) is 38.3 Å². The van der Waals surface area contributed by atoms with Gasteiger partial charge in [-0.3, -0.25) is 14.3 Å². The Kier molecular flexibility index (Phi) is 8.55. The van der Waals surface area contributed by atoms with E-state index in [9.17, 15) is 22.8 Å². The van der Waals surface area contributed by atoms with E-state index < -0.39 is 35.4 Å². The van der Waals surface area contributed by atoms with Crippen molar-refractivity contribution in [3.8, 4) is 17.2 Å². The highest BCUT2D eigenvalue weighted by Crippen LogP contribution is 2.35. The van der Waals surface area contributed by atoms with Crippen LogP contribution < -0.4 is 20.3 Å². The number of hydrogen-bond acceptors (Lipinski definition) is 8. The molecule has 3 aromatic rings. The quantitative estimate of drug-likeness (QED) is 0.348. The van der Waals surface area contributed by atoms with E-state index >= 15 is 0 Å². The smallest absolute Gasteiger partial charge is 0.452 e. The molecule has 1 amide bonds. The zero-order chi connectivity index (χ0) is 29.9. The average molecular weight is 592 g/mol. The molecule has 11 nitrogen and oxygen atoms in total. The summed E-state index contributed by atoms with van der Waals surface area (Å²) in [7, 11) is 0. The molecule has 1 saturated carbocycles. The van der Waals surface area contributed by atoms with Gasteiger partial charge < -0.3 is 24.3 Å². The lowest BCUT2D eigenvalue weighted by atomic mass is 9.98. The lowest BCUT2D eigenvalue weighted by Gasteiger charge is -2.21. The molecule has 1 aromatic carbocycles. The number of alkyl halides is 3. The molecule has 3 heterocycles. The van der Waals surface area contributed by atoms with Crippen molar-refractivity contribution in [3.63, 3.8) is 0 Å². The molecule has 42 heavy (non-hydrogen) atoms. The Morgan fingerprint density at radius 3 is 2.60 bits per heavy atom. The topological polar surface area (TPSA) is 119 Å². The van der Waals surface area contributed by atoms with E-state index in [0.29, 0.717) is 25.4 Å². The van der Waals surface area contributed by atoms with Gasteiger partial charge in [-0.25, -0.2) is 4.68 Å². The molecule has 14 heteroatoms. The van der Waals surface area contributed by atoms with Gasteiger partial charge >= 0.3 is 6.36 Å². The lowest BCUT2D eigenvalue weighted by molar-refractivity contribution is -0.275. The number of anilines is 1. The number of para-hydroxylation sites is 2. The van der Waals surface area contributed by atoms with Crippen LogP contribution in [-0.2, 0) is 20.8 Å². The van der Waals surface area contributed by atoms with Crippen LogP contribution in [0.1, 0.15) is 52.0 Å². The fourth-order valence-corrected chi connectivity index (χ4v) is 5.24. The number of benzene rings is 1. The summed E-state index contributed by atoms with van der Waals surface area (Å²) < 4.78 is 62.0. The van der Waals surface area contributed by atoms with Crippen molar-refractivity contribution in [1.82, 2.24) is 19.6 Å². The van der Waals surface area contributed by atoms with Crippen LogP contribution in [0.2, 0.25) is 0 Å². The van der Waals surface area contributed by atoms with Crippen LogP contribution in [0.25, 0.3) is 0 Å². The number of carbonyl (C=O) groups excluding carboxylic acids is 1. The molecule has 2 aliphatic rings. The third-order valence-electron chi connectivity index (χ3n) is 7.08. The number of nitrogens with zero attached hydrogens (tertiary/aromatic N) is 4. The predicted molar refractivity (Wildman–Crippen MR) is 143 cm³/mol. The van der Waals surface area contributed by atoms with Crippen molar-refractivity contribution >= 4 is 11.7 Å². The molecule has 1 N–H and O–H groups in total.